The number of benzene rings is 1. The standard InChI is InChI=1S/C24H30Cl2N4O4/c1-2-8-30-21(16-22(31)27-7-3-9-28-11-13-34-14-12-28)24(33)29(17-23(30)32)10-6-18-4-5-19(25)15-20(18)26/h1,4-5,15,21H,3,6-14,16-17H2,(H,27,31). The van der Waals surface area contributed by atoms with Crippen LogP contribution in [0.5, 0.6) is 0 Å². The van der Waals surface area contributed by atoms with Gasteiger partial charge in [-0.2, -0.15) is 0 Å². The Labute approximate surface area is 210 Å². The molecule has 2 fully saturated rings. The largest absolute Gasteiger partial charge is 0.379 e. The fraction of sp³-hybridized carbons (Fsp3) is 0.542. The molecular weight excluding hydrogens is 479 g/mol. The van der Waals surface area contributed by atoms with E-state index in [1.807, 2.05) is 0 Å². The average Bonchev–Trinajstić information content (AvgIpc) is 2.82. The van der Waals surface area contributed by atoms with Crippen LogP contribution in [0, 0.1) is 12.3 Å². The highest BCUT2D eigenvalue weighted by Gasteiger charge is 2.39. The summed E-state index contributed by atoms with van der Waals surface area (Å²) in [6.07, 6.45) is 6.56. The predicted octanol–water partition coefficient (Wildman–Crippen LogP) is 1.44. The van der Waals surface area contributed by atoms with E-state index in [9.17, 15) is 14.4 Å². The predicted molar refractivity (Wildman–Crippen MR) is 131 cm³/mol. The highest BCUT2D eigenvalue weighted by Crippen LogP contribution is 2.22. The van der Waals surface area contributed by atoms with Gasteiger partial charge in [0.2, 0.25) is 17.7 Å². The van der Waals surface area contributed by atoms with E-state index >= 15 is 0 Å². The third kappa shape index (κ3) is 7.34. The van der Waals surface area contributed by atoms with Crippen molar-refractivity contribution in [3.63, 3.8) is 0 Å². The Morgan fingerprint density at radius 3 is 2.68 bits per heavy atom. The van der Waals surface area contributed by atoms with Gasteiger partial charge in [0.15, 0.2) is 0 Å². The zero-order valence-corrected chi connectivity index (χ0v) is 20.6. The van der Waals surface area contributed by atoms with Gasteiger partial charge in [0, 0.05) is 36.2 Å². The van der Waals surface area contributed by atoms with E-state index in [1.165, 1.54) is 9.80 Å². The highest BCUT2D eigenvalue weighted by atomic mass is 35.5. The van der Waals surface area contributed by atoms with Crippen molar-refractivity contribution in [2.24, 2.45) is 0 Å². The van der Waals surface area contributed by atoms with Crippen molar-refractivity contribution in [2.75, 3.05) is 59.0 Å². The van der Waals surface area contributed by atoms with Gasteiger partial charge in [-0.05, 0) is 37.1 Å². The van der Waals surface area contributed by atoms with Gasteiger partial charge in [-0.25, -0.2) is 0 Å². The van der Waals surface area contributed by atoms with E-state index < -0.39 is 6.04 Å². The van der Waals surface area contributed by atoms with Crippen molar-refractivity contribution in [2.45, 2.75) is 25.3 Å². The molecule has 0 bridgehead atoms. The van der Waals surface area contributed by atoms with Crippen LogP contribution >= 0.6 is 23.2 Å². The van der Waals surface area contributed by atoms with Crippen molar-refractivity contribution in [3.8, 4) is 12.3 Å². The smallest absolute Gasteiger partial charge is 0.246 e. The van der Waals surface area contributed by atoms with E-state index in [0.717, 1.165) is 44.8 Å². The number of morpholine rings is 1. The van der Waals surface area contributed by atoms with Crippen LogP contribution in [0.4, 0.5) is 0 Å². The van der Waals surface area contributed by atoms with Crippen LogP contribution in [-0.4, -0.2) is 97.5 Å². The van der Waals surface area contributed by atoms with E-state index in [-0.39, 0.29) is 37.2 Å². The molecule has 2 aliphatic rings. The fourth-order valence-corrected chi connectivity index (χ4v) is 4.62. The first kappa shape index (κ1) is 26.3. The molecule has 1 atom stereocenters. The number of hydrogen-bond acceptors (Lipinski definition) is 5. The maximum atomic E-state index is 13.2. The SMILES string of the molecule is C#CCN1C(=O)CN(CCc2ccc(Cl)cc2Cl)C(=O)C1CC(=O)NCCCN1CCOCC1. The molecule has 34 heavy (non-hydrogen) atoms. The summed E-state index contributed by atoms with van der Waals surface area (Å²) in [6, 6.07) is 4.25. The van der Waals surface area contributed by atoms with Crippen molar-refractivity contribution in [1.29, 1.82) is 0 Å². The third-order valence-corrected chi connectivity index (χ3v) is 6.59. The molecule has 10 heteroatoms. The number of piperazine rings is 1. The molecule has 1 unspecified atom stereocenters. The molecule has 0 aromatic heterocycles. The summed E-state index contributed by atoms with van der Waals surface area (Å²) in [4.78, 5) is 43.6. The molecule has 0 radical (unpaired) electrons. The lowest BCUT2D eigenvalue weighted by molar-refractivity contribution is -0.156. The van der Waals surface area contributed by atoms with Gasteiger partial charge in [-0.3, -0.25) is 19.3 Å². The molecule has 1 N–H and O–H groups in total. The summed E-state index contributed by atoms with van der Waals surface area (Å²) in [5.74, 6) is 1.58. The van der Waals surface area contributed by atoms with Gasteiger partial charge in [0.05, 0.1) is 32.7 Å². The highest BCUT2D eigenvalue weighted by molar-refractivity contribution is 6.35. The van der Waals surface area contributed by atoms with Gasteiger partial charge >= 0.3 is 0 Å². The second-order valence-corrected chi connectivity index (χ2v) is 9.19. The number of hydrogen-bond donors (Lipinski definition) is 1. The molecule has 0 spiro atoms. The van der Waals surface area contributed by atoms with Crippen LogP contribution in [-0.2, 0) is 25.5 Å². The van der Waals surface area contributed by atoms with E-state index in [4.69, 9.17) is 34.4 Å². The number of rotatable bonds is 10. The number of ether oxygens (including phenoxy) is 1. The summed E-state index contributed by atoms with van der Waals surface area (Å²) < 4.78 is 5.33. The van der Waals surface area contributed by atoms with Crippen molar-refractivity contribution >= 4 is 40.9 Å². The molecule has 0 aliphatic carbocycles. The zero-order chi connectivity index (χ0) is 24.5. The molecule has 1 aromatic rings. The van der Waals surface area contributed by atoms with Crippen LogP contribution in [0.2, 0.25) is 10.0 Å². The van der Waals surface area contributed by atoms with Gasteiger partial charge in [0.25, 0.3) is 0 Å². The minimum absolute atomic E-state index is 0.0175. The first-order valence-corrected chi connectivity index (χ1v) is 12.2. The Hall–Kier alpha value is -2.31. The van der Waals surface area contributed by atoms with E-state index in [0.29, 0.717) is 29.6 Å². The monoisotopic (exact) mass is 508 g/mol. The Bertz CT molecular complexity index is 930. The summed E-state index contributed by atoms with van der Waals surface area (Å²) >= 11 is 12.2. The number of terminal acetylenes is 1. The van der Waals surface area contributed by atoms with Crippen LogP contribution in [0.3, 0.4) is 0 Å². The quantitative estimate of drug-likeness (QED) is 0.382. The number of carbonyl (C=O) groups excluding carboxylic acids is 3. The lowest BCUT2D eigenvalue weighted by atomic mass is 10.0. The fourth-order valence-electron chi connectivity index (χ4n) is 4.12. The van der Waals surface area contributed by atoms with Crippen LogP contribution in [0.15, 0.2) is 18.2 Å². The van der Waals surface area contributed by atoms with Crippen LogP contribution < -0.4 is 5.32 Å². The molecule has 184 valence electrons. The number of nitrogens with zero attached hydrogens (tertiary/aromatic N) is 3. The normalized spacial score (nSPS) is 19.3. The first-order chi connectivity index (χ1) is 16.4. The second kappa shape index (κ2) is 13.0. The minimum Gasteiger partial charge on any atom is -0.379 e. The Kier molecular flexibility index (Phi) is 10.0. The molecule has 2 heterocycles. The third-order valence-electron chi connectivity index (χ3n) is 6.00. The zero-order valence-electron chi connectivity index (χ0n) is 19.1. The van der Waals surface area contributed by atoms with Gasteiger partial charge < -0.3 is 19.9 Å². The molecule has 0 saturated carbocycles. The van der Waals surface area contributed by atoms with Gasteiger partial charge in [-0.15, -0.1) is 6.42 Å². The van der Waals surface area contributed by atoms with E-state index in [1.54, 1.807) is 18.2 Å². The first-order valence-electron chi connectivity index (χ1n) is 11.4. The minimum atomic E-state index is -0.919. The Morgan fingerprint density at radius 2 is 1.97 bits per heavy atom. The summed E-state index contributed by atoms with van der Waals surface area (Å²) in [5.41, 5.74) is 0.826. The molecule has 2 saturated heterocycles. The number of carbonyl (C=O) groups is 3. The summed E-state index contributed by atoms with van der Waals surface area (Å²) in [6.45, 7) is 4.82. The van der Waals surface area contributed by atoms with Crippen molar-refractivity contribution in [3.05, 3.63) is 33.8 Å². The average molecular weight is 509 g/mol. The lowest BCUT2D eigenvalue weighted by Crippen LogP contribution is -2.61. The second-order valence-electron chi connectivity index (χ2n) is 8.35. The lowest BCUT2D eigenvalue weighted by Gasteiger charge is -2.39. The van der Waals surface area contributed by atoms with Crippen molar-refractivity contribution in [1.82, 2.24) is 20.0 Å². The molecule has 1 aromatic carbocycles. The Balaban J connectivity index is 1.55. The molecule has 3 rings (SSSR count). The number of amides is 3. The van der Waals surface area contributed by atoms with Crippen LogP contribution in [0.25, 0.3) is 0 Å². The van der Waals surface area contributed by atoms with Gasteiger partial charge in [0.1, 0.15) is 6.04 Å². The van der Waals surface area contributed by atoms with Gasteiger partial charge in [-0.1, -0.05) is 35.2 Å². The topological polar surface area (TPSA) is 82.2 Å². The van der Waals surface area contributed by atoms with Crippen molar-refractivity contribution < 1.29 is 19.1 Å². The molecule has 8 nitrogen and oxygen atoms in total. The van der Waals surface area contributed by atoms with E-state index in [2.05, 4.69) is 16.1 Å². The summed E-state index contributed by atoms with van der Waals surface area (Å²) in [5, 5.41) is 3.90. The molecular formula is C24H30Cl2N4O4. The Morgan fingerprint density at radius 1 is 1.21 bits per heavy atom. The maximum absolute atomic E-state index is 13.2. The molecule has 2 aliphatic heterocycles. The van der Waals surface area contributed by atoms with Crippen LogP contribution in [0.1, 0.15) is 18.4 Å². The number of nitrogens with one attached hydrogen (secondary N) is 1. The maximum Gasteiger partial charge on any atom is 0.246 e. The summed E-state index contributed by atoms with van der Waals surface area (Å²) in [7, 11) is 0. The number of halogens is 2. The molecule has 3 amide bonds.